The minimum absolute atomic E-state index is 0.358. The van der Waals surface area contributed by atoms with Gasteiger partial charge in [0, 0.05) is 0 Å². The number of ether oxygens (including phenoxy) is 1. The zero-order valence-corrected chi connectivity index (χ0v) is 11.1. The van der Waals surface area contributed by atoms with Gasteiger partial charge < -0.3 is 4.74 Å². The molecule has 0 radical (unpaired) electrons. The lowest BCUT2D eigenvalue weighted by Crippen LogP contribution is -2.11. The molecule has 19 heavy (non-hydrogen) atoms. The minimum atomic E-state index is -0.448. The molecule has 1 aromatic carbocycles. The van der Waals surface area contributed by atoms with Crippen molar-refractivity contribution in [3.8, 4) is 0 Å². The van der Waals surface area contributed by atoms with Crippen molar-refractivity contribution < 1.29 is 9.53 Å². The third-order valence-electron chi connectivity index (χ3n) is 2.53. The minimum Gasteiger partial charge on any atom is -0.434 e. The summed E-state index contributed by atoms with van der Waals surface area (Å²) in [6.07, 6.45) is 8.33. The van der Waals surface area contributed by atoms with Crippen LogP contribution in [-0.2, 0) is 9.53 Å². The Bertz CT molecular complexity index is 495. The van der Waals surface area contributed by atoms with Crippen molar-refractivity contribution in [2.24, 2.45) is 5.92 Å². The first-order valence-corrected chi connectivity index (χ1v) is 6.03. The number of hydrogen-bond donors (Lipinski definition) is 0. The second-order valence-electron chi connectivity index (χ2n) is 4.01. The highest BCUT2D eigenvalue weighted by molar-refractivity contribution is 5.78. The quantitative estimate of drug-likeness (QED) is 0.433. The number of benzene rings is 1. The van der Waals surface area contributed by atoms with Crippen LogP contribution in [0.25, 0.3) is 6.08 Å². The van der Waals surface area contributed by atoms with E-state index in [0.717, 1.165) is 17.4 Å². The summed E-state index contributed by atoms with van der Waals surface area (Å²) in [4.78, 5) is 11.8. The first kappa shape index (κ1) is 14.7. The van der Waals surface area contributed by atoms with E-state index >= 15 is 0 Å². The number of hydrogen-bond acceptors (Lipinski definition) is 2. The normalized spacial score (nSPS) is 13.0. The Morgan fingerprint density at radius 2 is 1.95 bits per heavy atom. The van der Waals surface area contributed by atoms with Crippen molar-refractivity contribution in [1.82, 2.24) is 0 Å². The molecule has 1 aromatic rings. The van der Waals surface area contributed by atoms with E-state index < -0.39 is 5.92 Å². The van der Waals surface area contributed by atoms with Gasteiger partial charge in [-0.25, -0.2) is 0 Å². The van der Waals surface area contributed by atoms with Gasteiger partial charge in [0.05, 0.1) is 12.2 Å². The highest BCUT2D eigenvalue weighted by Crippen LogP contribution is 2.12. The molecule has 0 aliphatic heterocycles. The van der Waals surface area contributed by atoms with Crippen LogP contribution in [0.3, 0.4) is 0 Å². The van der Waals surface area contributed by atoms with Crippen LogP contribution in [0, 0.1) is 5.92 Å². The molecule has 98 valence electrons. The first-order chi connectivity index (χ1) is 9.17. The summed E-state index contributed by atoms with van der Waals surface area (Å²) in [5.74, 6) is -0.806. The van der Waals surface area contributed by atoms with Crippen molar-refractivity contribution in [2.45, 2.75) is 6.92 Å². The second kappa shape index (κ2) is 7.88. The molecule has 0 saturated heterocycles. The van der Waals surface area contributed by atoms with Crippen LogP contribution in [0.4, 0.5) is 0 Å². The number of esters is 1. The molecule has 0 heterocycles. The van der Waals surface area contributed by atoms with Gasteiger partial charge in [-0.05, 0) is 12.5 Å². The molecule has 0 spiro atoms. The lowest BCUT2D eigenvalue weighted by atomic mass is 10.0. The van der Waals surface area contributed by atoms with Crippen LogP contribution in [-0.4, -0.2) is 5.97 Å². The Balaban J connectivity index is 2.91. The molecule has 0 amide bonds. The standard InChI is InChI=1S/C17H18O2/c1-4-14(3)13-16(17(18)19-5-2)12-11-15-9-7-6-8-10-15/h4-13,16H,1-2H2,3H3. The topological polar surface area (TPSA) is 26.3 Å². The second-order valence-corrected chi connectivity index (χ2v) is 4.01. The van der Waals surface area contributed by atoms with Gasteiger partial charge in [-0.2, -0.15) is 0 Å². The Labute approximate surface area is 114 Å². The van der Waals surface area contributed by atoms with E-state index in [1.807, 2.05) is 43.3 Å². The van der Waals surface area contributed by atoms with Crippen molar-refractivity contribution in [2.75, 3.05) is 0 Å². The van der Waals surface area contributed by atoms with Crippen molar-refractivity contribution >= 4 is 12.0 Å². The van der Waals surface area contributed by atoms with Gasteiger partial charge in [-0.1, -0.05) is 73.4 Å². The molecular weight excluding hydrogens is 236 g/mol. The smallest absolute Gasteiger partial charge is 0.321 e. The third kappa shape index (κ3) is 5.21. The van der Waals surface area contributed by atoms with Gasteiger partial charge in [0.2, 0.25) is 0 Å². The highest BCUT2D eigenvalue weighted by Gasteiger charge is 2.13. The number of allylic oxidation sites excluding steroid dienone is 2. The van der Waals surface area contributed by atoms with Crippen LogP contribution in [0.5, 0.6) is 0 Å². The van der Waals surface area contributed by atoms with Gasteiger partial charge in [0.1, 0.15) is 0 Å². The molecule has 0 aliphatic carbocycles. The Morgan fingerprint density at radius 1 is 1.26 bits per heavy atom. The molecule has 0 bridgehead atoms. The van der Waals surface area contributed by atoms with Crippen LogP contribution in [0.15, 0.2) is 73.6 Å². The van der Waals surface area contributed by atoms with Crippen molar-refractivity contribution in [3.63, 3.8) is 0 Å². The molecule has 0 fully saturated rings. The Morgan fingerprint density at radius 3 is 2.53 bits per heavy atom. The van der Waals surface area contributed by atoms with Gasteiger partial charge >= 0.3 is 5.97 Å². The molecular formula is C17H18O2. The maximum absolute atomic E-state index is 11.8. The summed E-state index contributed by atoms with van der Waals surface area (Å²) in [7, 11) is 0. The fraction of sp³-hybridized carbons (Fsp3) is 0.118. The van der Waals surface area contributed by atoms with E-state index in [2.05, 4.69) is 13.2 Å². The molecule has 1 unspecified atom stereocenters. The maximum atomic E-state index is 11.8. The molecule has 0 aliphatic rings. The van der Waals surface area contributed by atoms with E-state index in [1.54, 1.807) is 18.2 Å². The average molecular weight is 254 g/mol. The first-order valence-electron chi connectivity index (χ1n) is 6.03. The van der Waals surface area contributed by atoms with Gasteiger partial charge in [0.25, 0.3) is 0 Å². The molecule has 0 N–H and O–H groups in total. The maximum Gasteiger partial charge on any atom is 0.321 e. The van der Waals surface area contributed by atoms with Crippen LogP contribution >= 0.6 is 0 Å². The third-order valence-corrected chi connectivity index (χ3v) is 2.53. The summed E-state index contributed by atoms with van der Waals surface area (Å²) >= 11 is 0. The molecule has 0 aromatic heterocycles. The highest BCUT2D eigenvalue weighted by atomic mass is 16.5. The van der Waals surface area contributed by atoms with Crippen molar-refractivity contribution in [3.05, 3.63) is 79.1 Å². The average Bonchev–Trinajstić information content (AvgIpc) is 2.44. The zero-order chi connectivity index (χ0) is 14.1. The lowest BCUT2D eigenvalue weighted by Gasteiger charge is -2.06. The summed E-state index contributed by atoms with van der Waals surface area (Å²) in [6.45, 7) is 8.95. The molecule has 0 saturated carbocycles. The SMILES string of the molecule is C=COC(=O)C(C=Cc1ccccc1)C=C(C)C=C. The fourth-order valence-corrected chi connectivity index (χ4v) is 1.49. The van der Waals surface area contributed by atoms with Gasteiger partial charge in [-0.15, -0.1) is 0 Å². The van der Waals surface area contributed by atoms with E-state index in [4.69, 9.17) is 4.74 Å². The Hall–Kier alpha value is -2.35. The van der Waals surface area contributed by atoms with Crippen LogP contribution in [0.2, 0.25) is 0 Å². The lowest BCUT2D eigenvalue weighted by molar-refractivity contribution is -0.139. The van der Waals surface area contributed by atoms with E-state index in [0.29, 0.717) is 0 Å². The van der Waals surface area contributed by atoms with Crippen LogP contribution < -0.4 is 0 Å². The molecule has 1 atom stereocenters. The monoisotopic (exact) mass is 254 g/mol. The zero-order valence-electron chi connectivity index (χ0n) is 11.1. The predicted molar refractivity (Wildman–Crippen MR) is 79.2 cm³/mol. The van der Waals surface area contributed by atoms with E-state index in [9.17, 15) is 4.79 Å². The summed E-state index contributed by atoms with van der Waals surface area (Å²) < 4.78 is 4.83. The largest absolute Gasteiger partial charge is 0.434 e. The molecule has 2 nitrogen and oxygen atoms in total. The fourth-order valence-electron chi connectivity index (χ4n) is 1.49. The van der Waals surface area contributed by atoms with Gasteiger partial charge in [0.15, 0.2) is 0 Å². The number of carbonyl (C=O) groups is 1. The summed E-state index contributed by atoms with van der Waals surface area (Å²) in [5.41, 5.74) is 1.95. The summed E-state index contributed by atoms with van der Waals surface area (Å²) in [5, 5.41) is 0. The molecule has 2 heteroatoms. The summed E-state index contributed by atoms with van der Waals surface area (Å²) in [6, 6.07) is 9.78. The van der Waals surface area contributed by atoms with Gasteiger partial charge in [-0.3, -0.25) is 4.79 Å². The van der Waals surface area contributed by atoms with Crippen LogP contribution in [0.1, 0.15) is 12.5 Å². The van der Waals surface area contributed by atoms with Crippen molar-refractivity contribution in [1.29, 1.82) is 0 Å². The predicted octanol–water partition coefficient (Wildman–Crippen LogP) is 4.14. The van der Waals surface area contributed by atoms with E-state index in [1.165, 1.54) is 0 Å². The molecule has 1 rings (SSSR count). The van der Waals surface area contributed by atoms with E-state index in [-0.39, 0.29) is 5.97 Å². The number of rotatable bonds is 6. The number of carbonyl (C=O) groups excluding carboxylic acids is 1. The Kier molecular flexibility index (Phi) is 6.10.